The van der Waals surface area contributed by atoms with Crippen LogP contribution >= 0.6 is 23.2 Å². The Morgan fingerprint density at radius 3 is 2.38 bits per heavy atom. The van der Waals surface area contributed by atoms with Crippen molar-refractivity contribution in [1.82, 2.24) is 9.29 Å². The molecule has 1 aliphatic carbocycles. The van der Waals surface area contributed by atoms with Crippen LogP contribution in [0, 0.1) is 5.92 Å². The quantitative estimate of drug-likeness (QED) is 0.637. The number of pyridine rings is 1. The van der Waals surface area contributed by atoms with Gasteiger partial charge in [-0.15, -0.1) is 0 Å². The molecule has 0 bridgehead atoms. The summed E-state index contributed by atoms with van der Waals surface area (Å²) in [6, 6.07) is 9.85. The fourth-order valence-corrected chi connectivity index (χ4v) is 5.50. The van der Waals surface area contributed by atoms with Gasteiger partial charge in [0.1, 0.15) is 5.15 Å². The van der Waals surface area contributed by atoms with Crippen LogP contribution in [-0.2, 0) is 16.6 Å². The third-order valence-corrected chi connectivity index (χ3v) is 7.34. The van der Waals surface area contributed by atoms with Crippen LogP contribution in [0.2, 0.25) is 10.2 Å². The zero-order valence-corrected chi connectivity index (χ0v) is 16.9. The first kappa shape index (κ1) is 19.6. The highest BCUT2D eigenvalue weighted by Crippen LogP contribution is 2.33. The largest absolute Gasteiger partial charge is 0.244 e. The van der Waals surface area contributed by atoms with Crippen LogP contribution in [0.4, 0.5) is 0 Å². The summed E-state index contributed by atoms with van der Waals surface area (Å²) in [7, 11) is -3.64. The minimum atomic E-state index is -3.64. The van der Waals surface area contributed by atoms with E-state index in [1.54, 1.807) is 40.8 Å². The zero-order valence-electron chi connectivity index (χ0n) is 14.6. The summed E-state index contributed by atoms with van der Waals surface area (Å²) >= 11 is 11.8. The number of rotatable bonds is 5. The molecule has 1 saturated carbocycles. The zero-order chi connectivity index (χ0) is 18.7. The monoisotopic (exact) mass is 412 g/mol. The van der Waals surface area contributed by atoms with E-state index in [0.717, 1.165) is 31.2 Å². The Morgan fingerprint density at radius 2 is 1.77 bits per heavy atom. The van der Waals surface area contributed by atoms with E-state index in [1.807, 2.05) is 6.07 Å². The van der Waals surface area contributed by atoms with Crippen LogP contribution in [0.1, 0.15) is 38.2 Å². The van der Waals surface area contributed by atoms with E-state index < -0.39 is 10.0 Å². The van der Waals surface area contributed by atoms with Gasteiger partial charge in [-0.05, 0) is 54.7 Å². The lowest BCUT2D eigenvalue weighted by Gasteiger charge is -2.37. The number of benzene rings is 1. The van der Waals surface area contributed by atoms with Gasteiger partial charge in [-0.2, -0.15) is 4.31 Å². The number of hydrogen-bond donors (Lipinski definition) is 0. The average Bonchev–Trinajstić information content (AvgIpc) is 2.62. The highest BCUT2D eigenvalue weighted by Gasteiger charge is 2.35. The second-order valence-corrected chi connectivity index (χ2v) is 9.54. The summed E-state index contributed by atoms with van der Waals surface area (Å²) in [4.78, 5) is 4.35. The number of sulfonamides is 1. The molecule has 1 heterocycles. The molecule has 7 heteroatoms. The van der Waals surface area contributed by atoms with Crippen molar-refractivity contribution in [2.24, 2.45) is 5.92 Å². The van der Waals surface area contributed by atoms with Gasteiger partial charge in [-0.1, -0.05) is 49.0 Å². The van der Waals surface area contributed by atoms with Crippen molar-refractivity contribution in [2.45, 2.75) is 50.1 Å². The standard InChI is InChI=1S/C19H22Cl2N2O2S/c1-14-4-2-3-5-18(14)23(13-15-6-11-19(21)22-12-15)26(24,25)17-9-7-16(20)8-10-17/h6-12,14,18H,2-5,13H2,1H3. The molecule has 1 aromatic carbocycles. The summed E-state index contributed by atoms with van der Waals surface area (Å²) in [6.07, 6.45) is 5.74. The van der Waals surface area contributed by atoms with Gasteiger partial charge in [0.2, 0.25) is 10.0 Å². The fraction of sp³-hybridized carbons (Fsp3) is 0.421. The molecule has 2 unspecified atom stereocenters. The summed E-state index contributed by atoms with van der Waals surface area (Å²) in [6.45, 7) is 2.42. The van der Waals surface area contributed by atoms with Gasteiger partial charge in [0, 0.05) is 23.8 Å². The third-order valence-electron chi connectivity index (χ3n) is 4.98. The topological polar surface area (TPSA) is 50.3 Å². The van der Waals surface area contributed by atoms with Gasteiger partial charge < -0.3 is 0 Å². The van der Waals surface area contributed by atoms with E-state index in [4.69, 9.17) is 23.2 Å². The van der Waals surface area contributed by atoms with Crippen LogP contribution in [-0.4, -0.2) is 23.7 Å². The maximum absolute atomic E-state index is 13.4. The van der Waals surface area contributed by atoms with Crippen molar-refractivity contribution in [2.75, 3.05) is 0 Å². The Kier molecular flexibility index (Phi) is 6.23. The number of aromatic nitrogens is 1. The average molecular weight is 413 g/mol. The normalized spacial score (nSPS) is 21.1. The number of halogens is 2. The van der Waals surface area contributed by atoms with Crippen molar-refractivity contribution < 1.29 is 8.42 Å². The molecule has 3 rings (SSSR count). The van der Waals surface area contributed by atoms with Gasteiger partial charge in [0.25, 0.3) is 0 Å². The van der Waals surface area contributed by atoms with Crippen LogP contribution in [0.5, 0.6) is 0 Å². The molecule has 0 amide bonds. The lowest BCUT2D eigenvalue weighted by Crippen LogP contribution is -2.44. The molecule has 2 atom stereocenters. The molecule has 140 valence electrons. The predicted octanol–water partition coefficient (Wildman–Crippen LogP) is 5.16. The van der Waals surface area contributed by atoms with Crippen molar-refractivity contribution in [1.29, 1.82) is 0 Å². The molecular weight excluding hydrogens is 391 g/mol. The van der Waals surface area contributed by atoms with E-state index in [0.29, 0.717) is 16.1 Å². The molecule has 4 nitrogen and oxygen atoms in total. The molecule has 0 saturated heterocycles. The smallest absolute Gasteiger partial charge is 0.243 e. The molecule has 1 aromatic heterocycles. The molecule has 0 N–H and O–H groups in total. The Balaban J connectivity index is 1.98. The van der Waals surface area contributed by atoms with Crippen LogP contribution in [0.15, 0.2) is 47.5 Å². The van der Waals surface area contributed by atoms with Crippen molar-refractivity contribution in [3.8, 4) is 0 Å². The first-order valence-electron chi connectivity index (χ1n) is 8.76. The lowest BCUT2D eigenvalue weighted by atomic mass is 9.86. The highest BCUT2D eigenvalue weighted by atomic mass is 35.5. The minimum Gasteiger partial charge on any atom is -0.244 e. The van der Waals surface area contributed by atoms with E-state index in [2.05, 4.69) is 11.9 Å². The molecule has 2 aromatic rings. The fourth-order valence-electron chi connectivity index (χ4n) is 3.53. The van der Waals surface area contributed by atoms with Crippen molar-refractivity contribution in [3.05, 3.63) is 58.3 Å². The van der Waals surface area contributed by atoms with Gasteiger partial charge in [0.05, 0.1) is 4.90 Å². The Morgan fingerprint density at radius 1 is 1.08 bits per heavy atom. The van der Waals surface area contributed by atoms with E-state index in [9.17, 15) is 8.42 Å². The van der Waals surface area contributed by atoms with E-state index in [1.165, 1.54) is 0 Å². The van der Waals surface area contributed by atoms with Crippen LogP contribution in [0.25, 0.3) is 0 Å². The lowest BCUT2D eigenvalue weighted by molar-refractivity contribution is 0.185. The summed E-state index contributed by atoms with van der Waals surface area (Å²) < 4.78 is 28.4. The number of nitrogens with zero attached hydrogens (tertiary/aromatic N) is 2. The van der Waals surface area contributed by atoms with Crippen molar-refractivity contribution >= 4 is 33.2 Å². The predicted molar refractivity (Wildman–Crippen MR) is 105 cm³/mol. The summed E-state index contributed by atoms with van der Waals surface area (Å²) in [5, 5.41) is 0.912. The van der Waals surface area contributed by atoms with Gasteiger partial charge in [0.15, 0.2) is 0 Å². The summed E-state index contributed by atoms with van der Waals surface area (Å²) in [5.41, 5.74) is 0.824. The second kappa shape index (κ2) is 8.26. The molecule has 0 spiro atoms. The molecule has 1 fully saturated rings. The molecule has 0 aliphatic heterocycles. The third kappa shape index (κ3) is 4.39. The van der Waals surface area contributed by atoms with Crippen LogP contribution in [0.3, 0.4) is 0 Å². The Bertz CT molecular complexity index is 839. The highest BCUT2D eigenvalue weighted by molar-refractivity contribution is 7.89. The second-order valence-electron chi connectivity index (χ2n) is 6.82. The number of hydrogen-bond acceptors (Lipinski definition) is 3. The first-order valence-corrected chi connectivity index (χ1v) is 11.0. The van der Waals surface area contributed by atoms with Crippen LogP contribution < -0.4 is 0 Å². The van der Waals surface area contributed by atoms with Gasteiger partial charge >= 0.3 is 0 Å². The summed E-state index contributed by atoms with van der Waals surface area (Å²) in [5.74, 6) is 0.311. The maximum atomic E-state index is 13.4. The molecule has 0 radical (unpaired) electrons. The maximum Gasteiger partial charge on any atom is 0.243 e. The Hall–Kier alpha value is -1.14. The SMILES string of the molecule is CC1CCCCC1N(Cc1ccc(Cl)nc1)S(=O)(=O)c1ccc(Cl)cc1. The van der Waals surface area contributed by atoms with E-state index in [-0.39, 0.29) is 17.5 Å². The first-order chi connectivity index (χ1) is 12.4. The molecular formula is C19H22Cl2N2O2S. The van der Waals surface area contributed by atoms with Gasteiger partial charge in [-0.3, -0.25) is 0 Å². The van der Waals surface area contributed by atoms with Crippen molar-refractivity contribution in [3.63, 3.8) is 0 Å². The van der Waals surface area contributed by atoms with Gasteiger partial charge in [-0.25, -0.2) is 13.4 Å². The minimum absolute atomic E-state index is 0.0277. The molecule has 26 heavy (non-hydrogen) atoms. The van der Waals surface area contributed by atoms with E-state index >= 15 is 0 Å². The molecule has 1 aliphatic rings. The Labute approximate surface area is 165 Å².